The molecule has 5 nitrogen and oxygen atoms in total. The van der Waals surface area contributed by atoms with Crippen LogP contribution in [0.5, 0.6) is 0 Å². The van der Waals surface area contributed by atoms with Crippen molar-refractivity contribution in [1.29, 1.82) is 0 Å². The molecule has 0 aliphatic heterocycles. The summed E-state index contributed by atoms with van der Waals surface area (Å²) in [6, 6.07) is 0. The smallest absolute Gasteiger partial charge is 0.259 e. The molecule has 16 heavy (non-hydrogen) atoms. The predicted molar refractivity (Wildman–Crippen MR) is 64.2 cm³/mol. The number of aromatic nitrogens is 2. The van der Waals surface area contributed by atoms with Crippen molar-refractivity contribution in [3.8, 4) is 0 Å². The largest absolute Gasteiger partial charge is 0.382 e. The Labute approximate surface area is 96.2 Å². The number of hydrogen-bond donors (Lipinski definition) is 1. The topological polar surface area (TPSA) is 64.2 Å². The summed E-state index contributed by atoms with van der Waals surface area (Å²) in [4.78, 5) is 13.8. The molecule has 90 valence electrons. The number of hydrogen-bond acceptors (Lipinski definition) is 3. The quantitative estimate of drug-likeness (QED) is 0.821. The van der Waals surface area contributed by atoms with Gasteiger partial charge < -0.3 is 10.6 Å². The fourth-order valence-electron chi connectivity index (χ4n) is 1.63. The Morgan fingerprint density at radius 2 is 2.06 bits per heavy atom. The molecule has 0 unspecified atom stereocenters. The van der Waals surface area contributed by atoms with E-state index in [1.165, 1.54) is 0 Å². The normalized spacial score (nSPS) is 10.4. The molecule has 1 aromatic heterocycles. The number of rotatable bonds is 5. The first-order valence-electron chi connectivity index (χ1n) is 5.76. The average molecular weight is 224 g/mol. The van der Waals surface area contributed by atoms with Crippen LogP contribution in [0.1, 0.15) is 37.6 Å². The number of anilines is 1. The summed E-state index contributed by atoms with van der Waals surface area (Å²) in [5.41, 5.74) is 6.25. The van der Waals surface area contributed by atoms with Gasteiger partial charge in [-0.05, 0) is 20.3 Å². The van der Waals surface area contributed by atoms with E-state index >= 15 is 0 Å². The maximum absolute atomic E-state index is 12.0. The SMILES string of the molecule is CCCn1cc(C(=O)N(CC)CC)c(N)n1. The number of nitrogens with two attached hydrogens (primary N) is 1. The van der Waals surface area contributed by atoms with Crippen LogP contribution in [-0.4, -0.2) is 33.7 Å². The van der Waals surface area contributed by atoms with Crippen LogP contribution < -0.4 is 5.73 Å². The summed E-state index contributed by atoms with van der Waals surface area (Å²) in [5, 5.41) is 4.12. The highest BCUT2D eigenvalue weighted by Gasteiger charge is 2.18. The summed E-state index contributed by atoms with van der Waals surface area (Å²) in [7, 11) is 0. The predicted octanol–water partition coefficient (Wildman–Crippen LogP) is 1.36. The molecule has 0 aliphatic carbocycles. The third-order valence-corrected chi connectivity index (χ3v) is 2.52. The Morgan fingerprint density at radius 3 is 2.56 bits per heavy atom. The van der Waals surface area contributed by atoms with Crippen LogP contribution in [0.4, 0.5) is 5.82 Å². The van der Waals surface area contributed by atoms with Crippen LogP contribution in [-0.2, 0) is 6.54 Å². The fourth-order valence-corrected chi connectivity index (χ4v) is 1.63. The van der Waals surface area contributed by atoms with E-state index in [9.17, 15) is 4.79 Å². The number of carbonyl (C=O) groups excluding carboxylic acids is 1. The Hall–Kier alpha value is -1.52. The zero-order valence-electron chi connectivity index (χ0n) is 10.2. The number of nitrogens with zero attached hydrogens (tertiary/aromatic N) is 3. The van der Waals surface area contributed by atoms with Gasteiger partial charge in [-0.15, -0.1) is 0 Å². The Bertz CT molecular complexity index is 355. The van der Waals surface area contributed by atoms with Crippen molar-refractivity contribution in [2.24, 2.45) is 0 Å². The second-order valence-corrected chi connectivity index (χ2v) is 3.67. The molecule has 0 atom stereocenters. The van der Waals surface area contributed by atoms with E-state index in [0.717, 1.165) is 13.0 Å². The van der Waals surface area contributed by atoms with Gasteiger partial charge in [0.25, 0.3) is 5.91 Å². The zero-order valence-corrected chi connectivity index (χ0v) is 10.2. The van der Waals surface area contributed by atoms with Crippen molar-refractivity contribution in [2.75, 3.05) is 18.8 Å². The van der Waals surface area contributed by atoms with E-state index in [1.54, 1.807) is 15.8 Å². The van der Waals surface area contributed by atoms with Gasteiger partial charge in [0.05, 0.1) is 0 Å². The lowest BCUT2D eigenvalue weighted by molar-refractivity contribution is 0.0774. The monoisotopic (exact) mass is 224 g/mol. The van der Waals surface area contributed by atoms with E-state index in [-0.39, 0.29) is 5.91 Å². The minimum atomic E-state index is -0.0372. The molecule has 5 heteroatoms. The van der Waals surface area contributed by atoms with Gasteiger partial charge in [0.1, 0.15) is 5.56 Å². The van der Waals surface area contributed by atoms with Gasteiger partial charge in [0.2, 0.25) is 0 Å². The molecule has 0 saturated carbocycles. The molecular formula is C11H20N4O. The molecule has 0 bridgehead atoms. The molecule has 1 amide bonds. The van der Waals surface area contributed by atoms with E-state index in [0.29, 0.717) is 24.5 Å². The molecule has 2 N–H and O–H groups in total. The average Bonchev–Trinajstić information content (AvgIpc) is 2.61. The van der Waals surface area contributed by atoms with Gasteiger partial charge in [-0.25, -0.2) is 0 Å². The van der Waals surface area contributed by atoms with Gasteiger partial charge in [-0.2, -0.15) is 5.10 Å². The Kier molecular flexibility index (Phi) is 4.34. The third-order valence-electron chi connectivity index (χ3n) is 2.52. The van der Waals surface area contributed by atoms with Gasteiger partial charge in [0, 0.05) is 25.8 Å². The fraction of sp³-hybridized carbons (Fsp3) is 0.636. The Balaban J connectivity index is 2.90. The van der Waals surface area contributed by atoms with E-state index in [4.69, 9.17) is 5.73 Å². The summed E-state index contributed by atoms with van der Waals surface area (Å²) < 4.78 is 1.73. The molecule has 0 fully saturated rings. The van der Waals surface area contributed by atoms with Crippen molar-refractivity contribution in [3.63, 3.8) is 0 Å². The number of aryl methyl sites for hydroxylation is 1. The van der Waals surface area contributed by atoms with Gasteiger partial charge in [-0.3, -0.25) is 9.48 Å². The van der Waals surface area contributed by atoms with Crippen LogP contribution >= 0.6 is 0 Å². The molecule has 0 aliphatic rings. The van der Waals surface area contributed by atoms with Crippen molar-refractivity contribution in [1.82, 2.24) is 14.7 Å². The number of carbonyl (C=O) groups is 1. The van der Waals surface area contributed by atoms with Crippen LogP contribution in [0.2, 0.25) is 0 Å². The highest BCUT2D eigenvalue weighted by molar-refractivity contribution is 5.98. The highest BCUT2D eigenvalue weighted by atomic mass is 16.2. The maximum atomic E-state index is 12.0. The van der Waals surface area contributed by atoms with Crippen molar-refractivity contribution < 1.29 is 4.79 Å². The van der Waals surface area contributed by atoms with Gasteiger partial charge in [0.15, 0.2) is 5.82 Å². The van der Waals surface area contributed by atoms with E-state index < -0.39 is 0 Å². The first-order chi connectivity index (χ1) is 7.63. The van der Waals surface area contributed by atoms with Crippen LogP contribution in [0.3, 0.4) is 0 Å². The minimum absolute atomic E-state index is 0.0372. The van der Waals surface area contributed by atoms with Crippen molar-refractivity contribution in [2.45, 2.75) is 33.7 Å². The zero-order chi connectivity index (χ0) is 12.1. The molecule has 0 aromatic carbocycles. The third kappa shape index (κ3) is 2.53. The summed E-state index contributed by atoms with van der Waals surface area (Å²) in [5.74, 6) is 0.287. The first-order valence-corrected chi connectivity index (χ1v) is 5.76. The lowest BCUT2D eigenvalue weighted by Crippen LogP contribution is -2.30. The molecule has 0 radical (unpaired) electrons. The van der Waals surface area contributed by atoms with Gasteiger partial charge in [-0.1, -0.05) is 6.92 Å². The van der Waals surface area contributed by atoms with E-state index in [2.05, 4.69) is 12.0 Å². The lowest BCUT2D eigenvalue weighted by atomic mass is 10.3. The van der Waals surface area contributed by atoms with Gasteiger partial charge >= 0.3 is 0 Å². The maximum Gasteiger partial charge on any atom is 0.259 e. The standard InChI is InChI=1S/C11H20N4O/c1-4-7-15-8-9(10(12)13-15)11(16)14(5-2)6-3/h8H,4-7H2,1-3H3,(H2,12,13). The summed E-state index contributed by atoms with van der Waals surface area (Å²) >= 11 is 0. The van der Waals surface area contributed by atoms with E-state index in [1.807, 2.05) is 13.8 Å². The minimum Gasteiger partial charge on any atom is -0.382 e. The molecule has 1 heterocycles. The second kappa shape index (κ2) is 5.53. The molecule has 0 saturated heterocycles. The van der Waals surface area contributed by atoms with Crippen LogP contribution in [0.25, 0.3) is 0 Å². The summed E-state index contributed by atoms with van der Waals surface area (Å²) in [6.07, 6.45) is 2.71. The van der Waals surface area contributed by atoms with Crippen molar-refractivity contribution in [3.05, 3.63) is 11.8 Å². The molecule has 0 spiro atoms. The Morgan fingerprint density at radius 1 is 1.44 bits per heavy atom. The number of amides is 1. The molecule has 1 rings (SSSR count). The first kappa shape index (κ1) is 12.5. The summed E-state index contributed by atoms with van der Waals surface area (Å²) in [6.45, 7) is 8.13. The molecular weight excluding hydrogens is 204 g/mol. The van der Waals surface area contributed by atoms with Crippen LogP contribution in [0, 0.1) is 0 Å². The number of nitrogen functional groups attached to an aromatic ring is 1. The second-order valence-electron chi connectivity index (χ2n) is 3.67. The van der Waals surface area contributed by atoms with Crippen molar-refractivity contribution >= 4 is 11.7 Å². The molecule has 1 aromatic rings. The highest BCUT2D eigenvalue weighted by Crippen LogP contribution is 2.12. The van der Waals surface area contributed by atoms with Crippen LogP contribution in [0.15, 0.2) is 6.20 Å². The lowest BCUT2D eigenvalue weighted by Gasteiger charge is -2.17.